The van der Waals surface area contributed by atoms with E-state index in [2.05, 4.69) is 16.0 Å². The highest BCUT2D eigenvalue weighted by Gasteiger charge is 2.36. The van der Waals surface area contributed by atoms with Gasteiger partial charge in [-0.15, -0.1) is 0 Å². The van der Waals surface area contributed by atoms with E-state index in [0.717, 1.165) is 19.4 Å². The van der Waals surface area contributed by atoms with Gasteiger partial charge < -0.3 is 26.0 Å². The smallest absolute Gasteiger partial charge is 0.326 e. The number of rotatable bonds is 7. The van der Waals surface area contributed by atoms with Crippen molar-refractivity contribution in [1.29, 1.82) is 0 Å². The zero-order valence-electron chi connectivity index (χ0n) is 15.3. The highest BCUT2D eigenvalue weighted by molar-refractivity contribution is 5.93. The summed E-state index contributed by atoms with van der Waals surface area (Å²) < 4.78 is 0. The lowest BCUT2D eigenvalue weighted by atomic mass is 10.0. The van der Waals surface area contributed by atoms with Crippen LogP contribution in [0.1, 0.15) is 39.5 Å². The Bertz CT molecular complexity index is 559. The van der Waals surface area contributed by atoms with Crippen LogP contribution in [0.2, 0.25) is 0 Å². The summed E-state index contributed by atoms with van der Waals surface area (Å²) in [5, 5.41) is 17.4. The maximum absolute atomic E-state index is 12.5. The number of carboxylic acid groups (broad SMARTS) is 1. The van der Waals surface area contributed by atoms with Crippen molar-refractivity contribution >= 4 is 23.7 Å². The summed E-state index contributed by atoms with van der Waals surface area (Å²) in [6.45, 7) is 4.48. The molecular weight excluding hydrogens is 340 g/mol. The molecule has 0 saturated carbocycles. The molecular formula is C17H28N4O5. The number of nitrogens with zero attached hydrogens (tertiary/aromatic N) is 1. The van der Waals surface area contributed by atoms with E-state index < -0.39 is 24.0 Å². The van der Waals surface area contributed by atoms with E-state index in [4.69, 9.17) is 0 Å². The van der Waals surface area contributed by atoms with E-state index >= 15 is 0 Å². The van der Waals surface area contributed by atoms with Crippen molar-refractivity contribution in [2.24, 2.45) is 5.92 Å². The van der Waals surface area contributed by atoms with E-state index in [1.54, 1.807) is 13.8 Å². The Balaban J connectivity index is 1.89. The van der Waals surface area contributed by atoms with Crippen LogP contribution in [0, 0.1) is 5.92 Å². The number of carbonyl (C=O) groups is 4. The fourth-order valence-corrected chi connectivity index (χ4v) is 3.40. The summed E-state index contributed by atoms with van der Waals surface area (Å²) in [6, 6.07) is -1.94. The van der Waals surface area contributed by atoms with Gasteiger partial charge in [0.25, 0.3) is 0 Å². The molecule has 146 valence electrons. The standard InChI is InChI=1S/C17H28N4O5/c1-10(2)14(17(25)26)20-16(24)12-6-4-8-21(12)13(22)9-19-15(23)11-5-3-7-18-11/h10-12,14,18H,3-9H2,1-2H3,(H,19,23)(H,20,24)(H,25,26). The first-order valence-electron chi connectivity index (χ1n) is 9.15. The summed E-state index contributed by atoms with van der Waals surface area (Å²) in [4.78, 5) is 49.6. The third-order valence-corrected chi connectivity index (χ3v) is 4.90. The highest BCUT2D eigenvalue weighted by Crippen LogP contribution is 2.18. The van der Waals surface area contributed by atoms with Gasteiger partial charge in [0.2, 0.25) is 17.7 Å². The van der Waals surface area contributed by atoms with Crippen LogP contribution in [0.4, 0.5) is 0 Å². The van der Waals surface area contributed by atoms with Crippen LogP contribution in [0.5, 0.6) is 0 Å². The fraction of sp³-hybridized carbons (Fsp3) is 0.765. The number of nitrogens with one attached hydrogen (secondary N) is 3. The predicted molar refractivity (Wildman–Crippen MR) is 93.2 cm³/mol. The third-order valence-electron chi connectivity index (χ3n) is 4.90. The molecule has 3 amide bonds. The summed E-state index contributed by atoms with van der Waals surface area (Å²) >= 11 is 0. The number of carbonyl (C=O) groups excluding carboxylic acids is 3. The molecule has 0 aromatic heterocycles. The van der Waals surface area contributed by atoms with Crippen molar-refractivity contribution in [3.63, 3.8) is 0 Å². The zero-order chi connectivity index (χ0) is 19.3. The topological polar surface area (TPSA) is 128 Å². The van der Waals surface area contributed by atoms with Gasteiger partial charge in [0, 0.05) is 6.54 Å². The minimum Gasteiger partial charge on any atom is -0.480 e. The number of hydrogen-bond donors (Lipinski definition) is 4. The van der Waals surface area contributed by atoms with Gasteiger partial charge in [0.05, 0.1) is 12.6 Å². The second-order valence-electron chi connectivity index (χ2n) is 7.18. The van der Waals surface area contributed by atoms with Crippen LogP contribution < -0.4 is 16.0 Å². The molecule has 9 nitrogen and oxygen atoms in total. The molecule has 4 N–H and O–H groups in total. The van der Waals surface area contributed by atoms with Crippen molar-refractivity contribution in [2.45, 2.75) is 57.7 Å². The van der Waals surface area contributed by atoms with Gasteiger partial charge in [0.1, 0.15) is 12.1 Å². The maximum Gasteiger partial charge on any atom is 0.326 e. The summed E-state index contributed by atoms with van der Waals surface area (Å²) in [5.74, 6) is -2.35. The summed E-state index contributed by atoms with van der Waals surface area (Å²) in [6.07, 6.45) is 2.84. The van der Waals surface area contributed by atoms with E-state index in [0.29, 0.717) is 19.4 Å². The van der Waals surface area contributed by atoms with Crippen molar-refractivity contribution in [2.75, 3.05) is 19.6 Å². The molecule has 2 aliphatic heterocycles. The molecule has 0 radical (unpaired) electrons. The largest absolute Gasteiger partial charge is 0.480 e. The molecule has 3 unspecified atom stereocenters. The molecule has 0 aromatic carbocycles. The highest BCUT2D eigenvalue weighted by atomic mass is 16.4. The number of likely N-dealkylation sites (tertiary alicyclic amines) is 1. The first-order valence-corrected chi connectivity index (χ1v) is 9.15. The minimum atomic E-state index is -1.10. The maximum atomic E-state index is 12.5. The van der Waals surface area contributed by atoms with Crippen LogP contribution in [-0.4, -0.2) is 71.5 Å². The molecule has 0 aromatic rings. The number of hydrogen-bond acceptors (Lipinski definition) is 5. The molecule has 0 spiro atoms. The van der Waals surface area contributed by atoms with Gasteiger partial charge in [-0.2, -0.15) is 0 Å². The van der Waals surface area contributed by atoms with Crippen LogP contribution in [0.25, 0.3) is 0 Å². The monoisotopic (exact) mass is 368 g/mol. The average molecular weight is 368 g/mol. The van der Waals surface area contributed by atoms with Crippen LogP contribution in [0.3, 0.4) is 0 Å². The first kappa shape index (κ1) is 20.2. The second-order valence-corrected chi connectivity index (χ2v) is 7.18. The Morgan fingerprint density at radius 3 is 2.46 bits per heavy atom. The van der Waals surface area contributed by atoms with Gasteiger partial charge in [-0.1, -0.05) is 13.8 Å². The van der Waals surface area contributed by atoms with E-state index in [1.807, 2.05) is 0 Å². The average Bonchev–Trinajstić information content (AvgIpc) is 3.27. The van der Waals surface area contributed by atoms with Crippen molar-refractivity contribution in [3.8, 4) is 0 Å². The lowest BCUT2D eigenvalue weighted by molar-refractivity contribution is -0.145. The van der Waals surface area contributed by atoms with Gasteiger partial charge in [-0.25, -0.2) is 4.79 Å². The quantitative estimate of drug-likeness (QED) is 0.460. The second kappa shape index (κ2) is 8.98. The lowest BCUT2D eigenvalue weighted by Gasteiger charge is -2.26. The minimum absolute atomic E-state index is 0.159. The normalized spacial score (nSPS) is 23.7. The predicted octanol–water partition coefficient (Wildman–Crippen LogP) is -0.929. The van der Waals surface area contributed by atoms with Crippen LogP contribution >= 0.6 is 0 Å². The SMILES string of the molecule is CC(C)C(NC(=O)C1CCCN1C(=O)CNC(=O)C1CCCN1)C(=O)O. The van der Waals surface area contributed by atoms with Gasteiger partial charge >= 0.3 is 5.97 Å². The zero-order valence-corrected chi connectivity index (χ0v) is 15.3. The third kappa shape index (κ3) is 4.94. The Hall–Kier alpha value is -2.16. The van der Waals surface area contributed by atoms with Crippen LogP contribution in [0.15, 0.2) is 0 Å². The van der Waals surface area contributed by atoms with E-state index in [1.165, 1.54) is 4.90 Å². The first-order chi connectivity index (χ1) is 12.3. The number of carboxylic acids is 1. The Morgan fingerprint density at radius 2 is 1.88 bits per heavy atom. The molecule has 3 atom stereocenters. The molecule has 2 rings (SSSR count). The van der Waals surface area contributed by atoms with E-state index in [9.17, 15) is 24.3 Å². The molecule has 0 bridgehead atoms. The molecule has 2 fully saturated rings. The molecule has 2 saturated heterocycles. The Kier molecular flexibility index (Phi) is 6.96. The number of aliphatic carboxylic acids is 1. The summed E-state index contributed by atoms with van der Waals surface area (Å²) in [7, 11) is 0. The lowest BCUT2D eigenvalue weighted by Crippen LogP contribution is -2.54. The number of amides is 3. The molecule has 0 aliphatic carbocycles. The molecule has 2 aliphatic rings. The molecule has 9 heteroatoms. The van der Waals surface area contributed by atoms with Crippen molar-refractivity contribution in [3.05, 3.63) is 0 Å². The van der Waals surface area contributed by atoms with Gasteiger partial charge in [-0.3, -0.25) is 14.4 Å². The fourth-order valence-electron chi connectivity index (χ4n) is 3.40. The Labute approximate surface area is 152 Å². The van der Waals surface area contributed by atoms with Gasteiger partial charge in [-0.05, 0) is 38.1 Å². The van der Waals surface area contributed by atoms with Crippen LogP contribution in [-0.2, 0) is 19.2 Å². The van der Waals surface area contributed by atoms with Gasteiger partial charge in [0.15, 0.2) is 0 Å². The summed E-state index contributed by atoms with van der Waals surface area (Å²) in [5.41, 5.74) is 0. The van der Waals surface area contributed by atoms with E-state index in [-0.39, 0.29) is 30.3 Å². The van der Waals surface area contributed by atoms with Crippen molar-refractivity contribution in [1.82, 2.24) is 20.9 Å². The molecule has 2 heterocycles. The molecule has 26 heavy (non-hydrogen) atoms. The Morgan fingerprint density at radius 1 is 1.15 bits per heavy atom. The van der Waals surface area contributed by atoms with Crippen molar-refractivity contribution < 1.29 is 24.3 Å².